The van der Waals surface area contributed by atoms with Crippen molar-refractivity contribution in [3.63, 3.8) is 0 Å². The van der Waals surface area contributed by atoms with Gasteiger partial charge in [0.15, 0.2) is 0 Å². The lowest BCUT2D eigenvalue weighted by molar-refractivity contribution is -0.119. The van der Waals surface area contributed by atoms with E-state index in [0.717, 1.165) is 12.1 Å². The predicted molar refractivity (Wildman–Crippen MR) is 80.2 cm³/mol. The average Bonchev–Trinajstić information content (AvgIpc) is 2.84. The van der Waals surface area contributed by atoms with Crippen molar-refractivity contribution in [2.45, 2.75) is 37.6 Å². The van der Waals surface area contributed by atoms with Crippen molar-refractivity contribution in [2.75, 3.05) is 13.2 Å². The SMILES string of the molecule is CCN.Cc1ccc(S(=O)(=O)OCC2CCC(=O)N2)cc1. The van der Waals surface area contributed by atoms with Gasteiger partial charge in [-0.1, -0.05) is 24.6 Å². The van der Waals surface area contributed by atoms with Crippen LogP contribution in [0.4, 0.5) is 0 Å². The zero-order valence-electron chi connectivity index (χ0n) is 12.3. The van der Waals surface area contributed by atoms with Crippen LogP contribution in [-0.2, 0) is 19.1 Å². The summed E-state index contributed by atoms with van der Waals surface area (Å²) in [5, 5.41) is 2.66. The number of rotatable bonds is 4. The first-order chi connectivity index (χ1) is 9.89. The van der Waals surface area contributed by atoms with E-state index in [4.69, 9.17) is 9.92 Å². The predicted octanol–water partition coefficient (Wildman–Crippen LogP) is 0.944. The third-order valence-corrected chi connectivity index (χ3v) is 4.11. The summed E-state index contributed by atoms with van der Waals surface area (Å²) < 4.78 is 28.6. The number of nitrogens with one attached hydrogen (secondary N) is 1. The number of carbonyl (C=O) groups excluding carboxylic acids is 1. The standard InChI is InChI=1S/C12H15NO4S.C2H7N/c1-9-2-5-11(6-3-9)18(15,16)17-8-10-4-7-12(14)13-10;1-2-3/h2-3,5-6,10H,4,7-8H2,1H3,(H,13,14);2-3H2,1H3. The molecule has 1 aromatic carbocycles. The molecule has 1 saturated heterocycles. The second-order valence-electron chi connectivity index (χ2n) is 4.76. The number of benzene rings is 1. The second-order valence-corrected chi connectivity index (χ2v) is 6.38. The fourth-order valence-corrected chi connectivity index (χ4v) is 2.70. The molecule has 1 unspecified atom stereocenters. The molecule has 1 fully saturated rings. The van der Waals surface area contributed by atoms with E-state index in [1.165, 1.54) is 12.1 Å². The smallest absolute Gasteiger partial charge is 0.297 e. The van der Waals surface area contributed by atoms with E-state index in [-0.39, 0.29) is 23.5 Å². The Morgan fingerprint density at radius 1 is 1.33 bits per heavy atom. The van der Waals surface area contributed by atoms with Crippen LogP contribution in [0.5, 0.6) is 0 Å². The van der Waals surface area contributed by atoms with E-state index >= 15 is 0 Å². The van der Waals surface area contributed by atoms with Gasteiger partial charge in [-0.2, -0.15) is 8.42 Å². The summed E-state index contributed by atoms with van der Waals surface area (Å²) in [6.07, 6.45) is 1.04. The monoisotopic (exact) mass is 314 g/mol. The van der Waals surface area contributed by atoms with Crippen molar-refractivity contribution in [2.24, 2.45) is 5.73 Å². The lowest BCUT2D eigenvalue weighted by Gasteiger charge is -2.10. The summed E-state index contributed by atoms with van der Waals surface area (Å²) in [7, 11) is -3.73. The van der Waals surface area contributed by atoms with E-state index < -0.39 is 10.1 Å². The first-order valence-corrected chi connectivity index (χ1v) is 8.25. The molecule has 1 amide bonds. The molecule has 0 aliphatic carbocycles. The minimum atomic E-state index is -3.73. The summed E-state index contributed by atoms with van der Waals surface area (Å²) >= 11 is 0. The third-order valence-electron chi connectivity index (χ3n) is 2.82. The topological polar surface area (TPSA) is 98.5 Å². The summed E-state index contributed by atoms with van der Waals surface area (Å²) in [5.74, 6) is -0.0590. The van der Waals surface area contributed by atoms with Crippen LogP contribution in [0.25, 0.3) is 0 Å². The summed E-state index contributed by atoms with van der Waals surface area (Å²) in [5.41, 5.74) is 5.83. The Bertz CT molecular complexity index is 555. The van der Waals surface area contributed by atoms with Crippen molar-refractivity contribution in [3.05, 3.63) is 29.8 Å². The van der Waals surface area contributed by atoms with Crippen molar-refractivity contribution >= 4 is 16.0 Å². The van der Waals surface area contributed by atoms with Crippen LogP contribution in [0.1, 0.15) is 25.3 Å². The van der Waals surface area contributed by atoms with Gasteiger partial charge in [0.2, 0.25) is 5.91 Å². The molecule has 1 aromatic rings. The number of amides is 1. The molecular formula is C14H22N2O4S. The van der Waals surface area contributed by atoms with E-state index in [1.54, 1.807) is 12.1 Å². The highest BCUT2D eigenvalue weighted by molar-refractivity contribution is 7.86. The molecule has 0 saturated carbocycles. The van der Waals surface area contributed by atoms with Gasteiger partial charge in [0.25, 0.3) is 10.1 Å². The fraction of sp³-hybridized carbons (Fsp3) is 0.500. The number of hydrogen-bond acceptors (Lipinski definition) is 5. The first kappa shape index (κ1) is 17.6. The molecule has 1 aliphatic rings. The number of aryl methyl sites for hydroxylation is 1. The van der Waals surface area contributed by atoms with Crippen LogP contribution in [-0.4, -0.2) is 33.5 Å². The van der Waals surface area contributed by atoms with Gasteiger partial charge in [0.1, 0.15) is 0 Å². The van der Waals surface area contributed by atoms with Crippen LogP contribution >= 0.6 is 0 Å². The van der Waals surface area contributed by atoms with Crippen LogP contribution in [0.3, 0.4) is 0 Å². The van der Waals surface area contributed by atoms with Crippen molar-refractivity contribution in [1.29, 1.82) is 0 Å². The number of carbonyl (C=O) groups is 1. The molecule has 0 aromatic heterocycles. The lowest BCUT2D eigenvalue weighted by Crippen LogP contribution is -2.30. The van der Waals surface area contributed by atoms with Gasteiger partial charge in [-0.3, -0.25) is 8.98 Å². The molecule has 1 heterocycles. The Hall–Kier alpha value is -1.44. The fourth-order valence-electron chi connectivity index (χ4n) is 1.75. The summed E-state index contributed by atoms with van der Waals surface area (Å²) in [4.78, 5) is 11.1. The minimum absolute atomic E-state index is 0.0120. The molecule has 7 heteroatoms. The lowest BCUT2D eigenvalue weighted by atomic mass is 10.2. The van der Waals surface area contributed by atoms with Gasteiger partial charge in [-0.25, -0.2) is 0 Å². The van der Waals surface area contributed by atoms with Crippen molar-refractivity contribution < 1.29 is 17.4 Å². The quantitative estimate of drug-likeness (QED) is 0.806. The first-order valence-electron chi connectivity index (χ1n) is 6.84. The Morgan fingerprint density at radius 3 is 2.38 bits per heavy atom. The molecule has 1 aliphatic heterocycles. The summed E-state index contributed by atoms with van der Waals surface area (Å²) in [6, 6.07) is 6.24. The Balaban J connectivity index is 0.000000677. The minimum Gasteiger partial charge on any atom is -0.351 e. The maximum Gasteiger partial charge on any atom is 0.297 e. The molecule has 1 atom stereocenters. The van der Waals surface area contributed by atoms with Gasteiger partial charge in [0, 0.05) is 6.42 Å². The van der Waals surface area contributed by atoms with Crippen LogP contribution in [0, 0.1) is 6.92 Å². The maximum atomic E-state index is 11.8. The zero-order chi connectivity index (χ0) is 15.9. The largest absolute Gasteiger partial charge is 0.351 e. The molecule has 0 bridgehead atoms. The Kier molecular flexibility index (Phi) is 6.80. The molecule has 2 rings (SSSR count). The highest BCUT2D eigenvalue weighted by Gasteiger charge is 2.24. The number of hydrogen-bond donors (Lipinski definition) is 2. The van der Waals surface area contributed by atoms with Gasteiger partial charge < -0.3 is 11.1 Å². The highest BCUT2D eigenvalue weighted by Crippen LogP contribution is 2.15. The van der Waals surface area contributed by atoms with Crippen molar-refractivity contribution in [3.8, 4) is 0 Å². The van der Waals surface area contributed by atoms with Gasteiger partial charge >= 0.3 is 0 Å². The van der Waals surface area contributed by atoms with E-state index in [2.05, 4.69) is 5.32 Å². The van der Waals surface area contributed by atoms with Gasteiger partial charge in [-0.15, -0.1) is 0 Å². The highest BCUT2D eigenvalue weighted by atomic mass is 32.2. The maximum absolute atomic E-state index is 11.8. The van der Waals surface area contributed by atoms with Crippen LogP contribution in [0.15, 0.2) is 29.2 Å². The van der Waals surface area contributed by atoms with E-state index in [9.17, 15) is 13.2 Å². The third kappa shape index (κ3) is 5.82. The second kappa shape index (κ2) is 8.11. The van der Waals surface area contributed by atoms with Gasteiger partial charge in [0.05, 0.1) is 17.5 Å². The van der Waals surface area contributed by atoms with E-state index in [0.29, 0.717) is 12.8 Å². The summed E-state index contributed by atoms with van der Waals surface area (Å²) in [6.45, 7) is 4.52. The van der Waals surface area contributed by atoms with E-state index in [1.807, 2.05) is 13.8 Å². The van der Waals surface area contributed by atoms with Crippen LogP contribution in [0.2, 0.25) is 0 Å². The van der Waals surface area contributed by atoms with Crippen LogP contribution < -0.4 is 11.1 Å². The van der Waals surface area contributed by atoms with Gasteiger partial charge in [-0.05, 0) is 32.0 Å². The Labute approximate surface area is 125 Å². The molecule has 0 spiro atoms. The Morgan fingerprint density at radius 2 is 1.90 bits per heavy atom. The molecule has 3 N–H and O–H groups in total. The molecule has 118 valence electrons. The normalized spacial score (nSPS) is 17.9. The molecule has 6 nitrogen and oxygen atoms in total. The number of nitrogens with two attached hydrogens (primary N) is 1. The molecule has 21 heavy (non-hydrogen) atoms. The van der Waals surface area contributed by atoms with Crippen molar-refractivity contribution in [1.82, 2.24) is 5.32 Å². The molecular weight excluding hydrogens is 292 g/mol. The average molecular weight is 314 g/mol. The zero-order valence-corrected chi connectivity index (χ0v) is 13.2. The molecule has 0 radical (unpaired) electrons.